The highest BCUT2D eigenvalue weighted by Crippen LogP contribution is 2.24. The van der Waals surface area contributed by atoms with Crippen LogP contribution in [-0.4, -0.2) is 15.3 Å². The zero-order valence-electron chi connectivity index (χ0n) is 11.8. The molecule has 2 rings (SSSR count). The lowest BCUT2D eigenvalue weighted by molar-refractivity contribution is 0.561. The Bertz CT molecular complexity index is 473. The fourth-order valence-electron chi connectivity index (χ4n) is 2.34. The standard InChI is InChI=1S/C16H23ClN2/c1-3-4-7-13(17)11-10-12(2)16-18-14-8-5-6-9-15(14)19-16/h5-6,8-9,12-13H,3-4,7,10-11H2,1-2H3,(H,18,19). The van der Waals surface area contributed by atoms with Gasteiger partial charge in [-0.3, -0.25) is 0 Å². The SMILES string of the molecule is CCCCC(Cl)CCC(C)c1nc2ccccc2[nH]1. The minimum absolute atomic E-state index is 0.312. The van der Waals surface area contributed by atoms with Crippen LogP contribution in [0.15, 0.2) is 24.3 Å². The van der Waals surface area contributed by atoms with E-state index in [9.17, 15) is 0 Å². The van der Waals surface area contributed by atoms with Crippen molar-refractivity contribution >= 4 is 22.6 Å². The normalized spacial score (nSPS) is 14.7. The van der Waals surface area contributed by atoms with Crippen molar-refractivity contribution in [2.45, 2.75) is 57.2 Å². The van der Waals surface area contributed by atoms with Gasteiger partial charge in [0.15, 0.2) is 0 Å². The van der Waals surface area contributed by atoms with Gasteiger partial charge in [-0.15, -0.1) is 11.6 Å². The third-order valence-corrected chi connectivity index (χ3v) is 4.09. The molecule has 2 unspecified atom stereocenters. The molecule has 0 fully saturated rings. The molecule has 1 aromatic carbocycles. The smallest absolute Gasteiger partial charge is 0.110 e. The Hall–Kier alpha value is -1.02. The number of alkyl halides is 1. The second kappa shape index (κ2) is 6.95. The Morgan fingerprint density at radius 1 is 1.21 bits per heavy atom. The Kier molecular flexibility index (Phi) is 5.26. The van der Waals surface area contributed by atoms with Crippen LogP contribution in [0.3, 0.4) is 0 Å². The predicted octanol–water partition coefficient (Wildman–Crippen LogP) is 5.24. The van der Waals surface area contributed by atoms with Crippen LogP contribution < -0.4 is 0 Å². The number of benzene rings is 1. The van der Waals surface area contributed by atoms with Gasteiger partial charge >= 0.3 is 0 Å². The molecule has 2 nitrogen and oxygen atoms in total. The van der Waals surface area contributed by atoms with Crippen LogP contribution in [0.2, 0.25) is 0 Å². The molecule has 2 atom stereocenters. The lowest BCUT2D eigenvalue weighted by Crippen LogP contribution is -2.03. The molecule has 1 heterocycles. The van der Waals surface area contributed by atoms with Gasteiger partial charge in [-0.1, -0.05) is 38.8 Å². The number of para-hydroxylation sites is 2. The van der Waals surface area contributed by atoms with E-state index in [1.165, 1.54) is 12.8 Å². The summed E-state index contributed by atoms with van der Waals surface area (Å²) >= 11 is 6.34. The third kappa shape index (κ3) is 3.97. The van der Waals surface area contributed by atoms with E-state index in [1.807, 2.05) is 18.2 Å². The quantitative estimate of drug-likeness (QED) is 0.689. The van der Waals surface area contributed by atoms with Gasteiger partial charge in [0.1, 0.15) is 5.82 Å². The first-order chi connectivity index (χ1) is 9.20. The zero-order chi connectivity index (χ0) is 13.7. The van der Waals surface area contributed by atoms with Crippen LogP contribution in [-0.2, 0) is 0 Å². The van der Waals surface area contributed by atoms with Crippen LogP contribution in [0, 0.1) is 0 Å². The van der Waals surface area contributed by atoms with Crippen molar-refractivity contribution in [1.29, 1.82) is 0 Å². The van der Waals surface area contributed by atoms with Crippen molar-refractivity contribution in [3.05, 3.63) is 30.1 Å². The lowest BCUT2D eigenvalue weighted by atomic mass is 10.0. The molecular weight excluding hydrogens is 256 g/mol. The fraction of sp³-hybridized carbons (Fsp3) is 0.562. The summed E-state index contributed by atoms with van der Waals surface area (Å²) in [6.45, 7) is 4.43. The van der Waals surface area contributed by atoms with E-state index in [0.717, 1.165) is 36.1 Å². The molecule has 0 aliphatic carbocycles. The maximum atomic E-state index is 6.34. The zero-order valence-corrected chi connectivity index (χ0v) is 12.6. The molecule has 0 saturated carbocycles. The maximum absolute atomic E-state index is 6.34. The van der Waals surface area contributed by atoms with Gasteiger partial charge in [0, 0.05) is 11.3 Å². The van der Waals surface area contributed by atoms with Crippen LogP contribution in [0.1, 0.15) is 57.7 Å². The number of aromatic nitrogens is 2. The van der Waals surface area contributed by atoms with Crippen molar-refractivity contribution in [1.82, 2.24) is 9.97 Å². The van der Waals surface area contributed by atoms with E-state index in [2.05, 4.69) is 29.9 Å². The summed E-state index contributed by atoms with van der Waals surface area (Å²) in [5.74, 6) is 1.52. The predicted molar refractivity (Wildman–Crippen MR) is 82.9 cm³/mol. The summed E-state index contributed by atoms with van der Waals surface area (Å²) in [7, 11) is 0. The molecule has 1 aromatic heterocycles. The minimum atomic E-state index is 0.312. The number of unbranched alkanes of at least 4 members (excludes halogenated alkanes) is 1. The fourth-order valence-corrected chi connectivity index (χ4v) is 2.62. The molecule has 2 aromatic rings. The van der Waals surface area contributed by atoms with Crippen molar-refractivity contribution in [3.63, 3.8) is 0 Å². The first-order valence-corrected chi connectivity index (χ1v) is 7.73. The Balaban J connectivity index is 1.90. The van der Waals surface area contributed by atoms with Crippen molar-refractivity contribution < 1.29 is 0 Å². The topological polar surface area (TPSA) is 28.7 Å². The molecule has 19 heavy (non-hydrogen) atoms. The third-order valence-electron chi connectivity index (χ3n) is 3.66. The highest BCUT2D eigenvalue weighted by Gasteiger charge is 2.13. The monoisotopic (exact) mass is 278 g/mol. The van der Waals surface area contributed by atoms with E-state index in [4.69, 9.17) is 11.6 Å². The molecular formula is C16H23ClN2. The molecule has 0 saturated heterocycles. The summed E-state index contributed by atoms with van der Waals surface area (Å²) in [5, 5.41) is 0.312. The average Bonchev–Trinajstić information content (AvgIpc) is 2.86. The number of H-pyrrole nitrogens is 1. The van der Waals surface area contributed by atoms with Crippen LogP contribution in [0.5, 0.6) is 0 Å². The van der Waals surface area contributed by atoms with Crippen molar-refractivity contribution in [2.75, 3.05) is 0 Å². The summed E-state index contributed by atoms with van der Waals surface area (Å²) in [4.78, 5) is 8.06. The van der Waals surface area contributed by atoms with Gasteiger partial charge in [-0.2, -0.15) is 0 Å². The van der Waals surface area contributed by atoms with E-state index >= 15 is 0 Å². The summed E-state index contributed by atoms with van der Waals surface area (Å²) in [5.41, 5.74) is 2.18. The molecule has 0 spiro atoms. The number of aromatic amines is 1. The summed E-state index contributed by atoms with van der Waals surface area (Å²) in [6.07, 6.45) is 5.75. The average molecular weight is 279 g/mol. The summed E-state index contributed by atoms with van der Waals surface area (Å²) in [6, 6.07) is 8.18. The number of imidazole rings is 1. The van der Waals surface area contributed by atoms with E-state index in [0.29, 0.717) is 11.3 Å². The number of nitrogens with zero attached hydrogens (tertiary/aromatic N) is 1. The molecule has 0 amide bonds. The van der Waals surface area contributed by atoms with E-state index in [-0.39, 0.29) is 0 Å². The van der Waals surface area contributed by atoms with Gasteiger partial charge in [-0.05, 0) is 31.4 Å². The summed E-state index contributed by atoms with van der Waals surface area (Å²) < 4.78 is 0. The number of hydrogen-bond donors (Lipinski definition) is 1. The van der Waals surface area contributed by atoms with E-state index in [1.54, 1.807) is 0 Å². The lowest BCUT2D eigenvalue weighted by Gasteiger charge is -2.12. The number of fused-ring (bicyclic) bond motifs is 1. The van der Waals surface area contributed by atoms with Crippen LogP contribution in [0.25, 0.3) is 11.0 Å². The Morgan fingerprint density at radius 2 is 2.00 bits per heavy atom. The van der Waals surface area contributed by atoms with Gasteiger partial charge in [0.25, 0.3) is 0 Å². The second-order valence-corrected chi connectivity index (χ2v) is 5.97. The molecule has 104 valence electrons. The minimum Gasteiger partial charge on any atom is -0.342 e. The van der Waals surface area contributed by atoms with Gasteiger partial charge in [-0.25, -0.2) is 4.98 Å². The highest BCUT2D eigenvalue weighted by molar-refractivity contribution is 6.20. The molecule has 1 N–H and O–H groups in total. The van der Waals surface area contributed by atoms with Gasteiger partial charge < -0.3 is 4.98 Å². The molecule has 3 heteroatoms. The molecule has 0 aliphatic heterocycles. The molecule has 0 aliphatic rings. The van der Waals surface area contributed by atoms with Crippen LogP contribution >= 0.6 is 11.6 Å². The van der Waals surface area contributed by atoms with Gasteiger partial charge in [0.2, 0.25) is 0 Å². The van der Waals surface area contributed by atoms with Crippen molar-refractivity contribution in [2.24, 2.45) is 0 Å². The molecule has 0 bridgehead atoms. The second-order valence-electron chi connectivity index (χ2n) is 5.36. The van der Waals surface area contributed by atoms with Gasteiger partial charge in [0.05, 0.1) is 11.0 Å². The Morgan fingerprint density at radius 3 is 2.74 bits per heavy atom. The van der Waals surface area contributed by atoms with E-state index < -0.39 is 0 Å². The highest BCUT2D eigenvalue weighted by atomic mass is 35.5. The largest absolute Gasteiger partial charge is 0.342 e. The number of hydrogen-bond acceptors (Lipinski definition) is 1. The first kappa shape index (κ1) is 14.4. The number of halogens is 1. The van der Waals surface area contributed by atoms with Crippen molar-refractivity contribution in [3.8, 4) is 0 Å². The first-order valence-electron chi connectivity index (χ1n) is 7.29. The number of nitrogens with one attached hydrogen (secondary N) is 1. The maximum Gasteiger partial charge on any atom is 0.110 e. The molecule has 0 radical (unpaired) electrons. The van der Waals surface area contributed by atoms with Crippen LogP contribution in [0.4, 0.5) is 0 Å². The number of rotatable bonds is 7. The Labute approximate surface area is 120 Å².